The Balaban J connectivity index is 1.07. The molecular weight excluding hydrogens is 510 g/mol. The van der Waals surface area contributed by atoms with Crippen LogP contribution in [0.3, 0.4) is 0 Å². The number of benzene rings is 1. The molecule has 1 aromatic rings. The van der Waals surface area contributed by atoms with E-state index in [9.17, 15) is 23.2 Å². The number of carboxylic acid groups (broad SMARTS) is 1. The van der Waals surface area contributed by atoms with Gasteiger partial charge >= 0.3 is 24.0 Å². The van der Waals surface area contributed by atoms with Crippen molar-refractivity contribution in [3.05, 3.63) is 29.8 Å². The molecule has 8 atom stereocenters. The Labute approximate surface area is 226 Å². The van der Waals surface area contributed by atoms with Crippen molar-refractivity contribution in [2.24, 2.45) is 41.4 Å². The first-order valence-corrected chi connectivity index (χ1v) is 14.4. The number of ether oxygens (including phenoxy) is 3. The zero-order valence-electron chi connectivity index (χ0n) is 22.2. The maximum Gasteiger partial charge on any atom is 0.514 e. The van der Waals surface area contributed by atoms with Crippen LogP contribution < -0.4 is 4.74 Å². The number of halogens is 2. The fourth-order valence-electron chi connectivity index (χ4n) is 9.16. The first-order chi connectivity index (χ1) is 18.6. The maximum atomic E-state index is 14.5. The largest absolute Gasteiger partial charge is 0.514 e. The van der Waals surface area contributed by atoms with E-state index in [2.05, 4.69) is 0 Å². The molecule has 5 fully saturated rings. The van der Waals surface area contributed by atoms with Crippen LogP contribution in [0, 0.1) is 41.4 Å². The predicted octanol–water partition coefficient (Wildman–Crippen LogP) is 6.49. The summed E-state index contributed by atoms with van der Waals surface area (Å²) < 4.78 is 45.4. The van der Waals surface area contributed by atoms with Crippen LogP contribution in [0.25, 0.3) is 0 Å². The number of carbonyl (C=O) groups is 3. The number of esters is 1. The van der Waals surface area contributed by atoms with Crippen LogP contribution in [0.4, 0.5) is 13.6 Å². The SMILES string of the molecule is CC1(OC(=O)Oc2ccc(C(=O)OC(C3CCCCC3)C(F)(F)C(=O)O)cc2)CC2CC1C1C3CCC(C3)C21. The second kappa shape index (κ2) is 9.73. The Bertz CT molecular complexity index is 1130. The van der Waals surface area contributed by atoms with E-state index in [1.54, 1.807) is 0 Å². The van der Waals surface area contributed by atoms with Gasteiger partial charge in [0.1, 0.15) is 11.4 Å². The van der Waals surface area contributed by atoms with Gasteiger partial charge in [0.2, 0.25) is 0 Å². The highest BCUT2D eigenvalue weighted by Gasteiger charge is 2.67. The molecule has 5 aliphatic carbocycles. The van der Waals surface area contributed by atoms with Gasteiger partial charge in [0.15, 0.2) is 6.10 Å². The average Bonchev–Trinajstić information content (AvgIpc) is 3.67. The Kier molecular flexibility index (Phi) is 6.62. The summed E-state index contributed by atoms with van der Waals surface area (Å²) in [5.74, 6) is -4.09. The van der Waals surface area contributed by atoms with Gasteiger partial charge in [0.25, 0.3) is 0 Å². The van der Waals surface area contributed by atoms with Gasteiger partial charge in [-0.25, -0.2) is 14.4 Å². The van der Waals surface area contributed by atoms with Crippen LogP contribution in [0.2, 0.25) is 0 Å². The second-order valence-corrected chi connectivity index (χ2v) is 12.7. The lowest BCUT2D eigenvalue weighted by atomic mass is 9.66. The summed E-state index contributed by atoms with van der Waals surface area (Å²) >= 11 is 0. The molecule has 5 saturated carbocycles. The Hall–Kier alpha value is -2.71. The van der Waals surface area contributed by atoms with Crippen molar-refractivity contribution in [2.75, 3.05) is 0 Å². The molecule has 0 aromatic heterocycles. The van der Waals surface area contributed by atoms with E-state index in [1.165, 1.54) is 43.5 Å². The molecule has 0 saturated heterocycles. The van der Waals surface area contributed by atoms with Crippen molar-refractivity contribution in [1.82, 2.24) is 0 Å². The quantitative estimate of drug-likeness (QED) is 0.237. The molecule has 5 aliphatic rings. The van der Waals surface area contributed by atoms with Gasteiger partial charge in [-0.3, -0.25) is 0 Å². The van der Waals surface area contributed by atoms with Crippen LogP contribution in [-0.2, 0) is 14.3 Å². The van der Waals surface area contributed by atoms with Crippen molar-refractivity contribution in [3.8, 4) is 5.75 Å². The minimum Gasteiger partial charge on any atom is -0.477 e. The van der Waals surface area contributed by atoms with Gasteiger partial charge in [-0.2, -0.15) is 8.78 Å². The van der Waals surface area contributed by atoms with Crippen LogP contribution in [0.15, 0.2) is 24.3 Å². The summed E-state index contributed by atoms with van der Waals surface area (Å²) in [6.07, 6.45) is 6.09. The van der Waals surface area contributed by atoms with Crippen molar-refractivity contribution >= 4 is 18.1 Å². The maximum absolute atomic E-state index is 14.5. The lowest BCUT2D eigenvalue weighted by Crippen LogP contribution is -2.48. The van der Waals surface area contributed by atoms with Gasteiger partial charge < -0.3 is 19.3 Å². The van der Waals surface area contributed by atoms with E-state index in [0.717, 1.165) is 37.0 Å². The highest BCUT2D eigenvalue weighted by Crippen LogP contribution is 2.70. The molecule has 8 unspecified atom stereocenters. The second-order valence-electron chi connectivity index (χ2n) is 12.7. The van der Waals surface area contributed by atoms with Crippen molar-refractivity contribution in [3.63, 3.8) is 0 Å². The summed E-state index contributed by atoms with van der Waals surface area (Å²) in [7, 11) is 0. The van der Waals surface area contributed by atoms with E-state index < -0.39 is 41.6 Å². The molecule has 39 heavy (non-hydrogen) atoms. The number of carbonyl (C=O) groups excluding carboxylic acids is 2. The van der Waals surface area contributed by atoms with E-state index in [0.29, 0.717) is 43.4 Å². The van der Waals surface area contributed by atoms with Gasteiger partial charge in [0, 0.05) is 11.8 Å². The molecule has 0 aliphatic heterocycles. The monoisotopic (exact) mass is 546 g/mol. The summed E-state index contributed by atoms with van der Waals surface area (Å²) in [6, 6.07) is 5.36. The number of alkyl halides is 2. The fraction of sp³-hybridized carbons (Fsp3) is 0.700. The molecule has 1 N–H and O–H groups in total. The summed E-state index contributed by atoms with van der Waals surface area (Å²) in [5, 5.41) is 9.07. The first kappa shape index (κ1) is 26.5. The van der Waals surface area contributed by atoms with E-state index in [-0.39, 0.29) is 11.3 Å². The minimum atomic E-state index is -4.20. The van der Waals surface area contributed by atoms with Crippen molar-refractivity contribution in [1.29, 1.82) is 0 Å². The summed E-state index contributed by atoms with van der Waals surface area (Å²) in [4.78, 5) is 36.7. The molecule has 1 aromatic carbocycles. The topological polar surface area (TPSA) is 99.1 Å². The molecule has 4 bridgehead atoms. The van der Waals surface area contributed by atoms with Gasteiger partial charge in [-0.15, -0.1) is 0 Å². The standard InChI is InChI=1S/C30H36F2O7/c1-29(15-20-14-22(29)24-19-8-7-18(13-19)23(20)24)39-28(36)37-21-11-9-17(10-12-21)26(33)38-25(30(31,32)27(34)35)16-5-3-2-4-6-16/h9-12,16,18-20,22-25H,2-8,13-15H2,1H3,(H,34,35). The third-order valence-electron chi connectivity index (χ3n) is 10.6. The number of rotatable bonds is 7. The molecule has 0 radical (unpaired) electrons. The molecule has 0 spiro atoms. The first-order valence-electron chi connectivity index (χ1n) is 14.4. The average molecular weight is 547 g/mol. The molecule has 0 amide bonds. The van der Waals surface area contributed by atoms with Crippen molar-refractivity contribution < 1.29 is 42.5 Å². The normalized spacial score (nSPS) is 35.9. The van der Waals surface area contributed by atoms with E-state index >= 15 is 0 Å². The van der Waals surface area contributed by atoms with Crippen LogP contribution in [0.1, 0.15) is 81.5 Å². The summed E-state index contributed by atoms with van der Waals surface area (Å²) in [5.41, 5.74) is -0.583. The van der Waals surface area contributed by atoms with Gasteiger partial charge in [-0.05, 0) is 106 Å². The zero-order chi connectivity index (χ0) is 27.5. The highest BCUT2D eigenvalue weighted by molar-refractivity contribution is 5.90. The van der Waals surface area contributed by atoms with E-state index in [4.69, 9.17) is 19.3 Å². The van der Waals surface area contributed by atoms with Crippen LogP contribution in [0.5, 0.6) is 5.75 Å². The third-order valence-corrected chi connectivity index (χ3v) is 10.6. The highest BCUT2D eigenvalue weighted by atomic mass is 19.3. The minimum absolute atomic E-state index is 0.0416. The molecule has 212 valence electrons. The van der Waals surface area contributed by atoms with E-state index in [1.807, 2.05) is 6.92 Å². The third kappa shape index (κ3) is 4.59. The van der Waals surface area contributed by atoms with Crippen molar-refractivity contribution in [2.45, 2.75) is 88.8 Å². The lowest BCUT2D eigenvalue weighted by Gasteiger charge is -2.43. The lowest BCUT2D eigenvalue weighted by molar-refractivity contribution is -0.189. The molecule has 7 nitrogen and oxygen atoms in total. The van der Waals surface area contributed by atoms with Crippen LogP contribution >= 0.6 is 0 Å². The van der Waals surface area contributed by atoms with Crippen LogP contribution in [-0.4, -0.2) is 40.8 Å². The number of fused-ring (bicyclic) bond motifs is 9. The number of hydrogen-bond donors (Lipinski definition) is 1. The fourth-order valence-corrected chi connectivity index (χ4v) is 9.16. The predicted molar refractivity (Wildman–Crippen MR) is 134 cm³/mol. The number of aliphatic carboxylic acids is 1. The molecule has 0 heterocycles. The molecular formula is C30H36F2O7. The number of carboxylic acids is 1. The Morgan fingerprint density at radius 2 is 1.62 bits per heavy atom. The molecule has 6 rings (SSSR count). The summed E-state index contributed by atoms with van der Waals surface area (Å²) in [6.45, 7) is 2.02. The number of hydrogen-bond acceptors (Lipinski definition) is 6. The Morgan fingerprint density at radius 1 is 0.949 bits per heavy atom. The van der Waals surface area contributed by atoms with Gasteiger partial charge in [0.05, 0.1) is 5.56 Å². The molecule has 9 heteroatoms. The Morgan fingerprint density at radius 3 is 2.28 bits per heavy atom. The smallest absolute Gasteiger partial charge is 0.477 e. The zero-order valence-corrected chi connectivity index (χ0v) is 22.2. The van der Waals surface area contributed by atoms with Gasteiger partial charge in [-0.1, -0.05) is 19.3 Å².